The number of likely N-dealkylation sites (N-methyl/N-ethyl adjacent to an activating group) is 1. The molecule has 19 heavy (non-hydrogen) atoms. The molecule has 2 rings (SSSR count). The Hall–Kier alpha value is -2.68. The van der Waals surface area contributed by atoms with E-state index in [2.05, 4.69) is 10.1 Å². The molecular weight excluding hydrogens is 242 g/mol. The van der Waals surface area contributed by atoms with E-state index in [9.17, 15) is 4.79 Å². The number of pyridine rings is 1. The van der Waals surface area contributed by atoms with Gasteiger partial charge in [-0.2, -0.15) is 10.4 Å². The molecule has 0 aliphatic heterocycles. The highest BCUT2D eigenvalue weighted by Crippen LogP contribution is 2.02. The third-order valence-corrected chi connectivity index (χ3v) is 2.68. The van der Waals surface area contributed by atoms with E-state index in [-0.39, 0.29) is 5.91 Å². The molecule has 0 aromatic carbocycles. The second-order valence-corrected chi connectivity index (χ2v) is 4.04. The van der Waals surface area contributed by atoms with E-state index in [1.807, 2.05) is 18.3 Å². The minimum absolute atomic E-state index is 0.170. The minimum Gasteiger partial charge on any atom is -0.339 e. The van der Waals surface area contributed by atoms with Crippen LogP contribution in [-0.2, 0) is 6.54 Å². The van der Waals surface area contributed by atoms with Crippen molar-refractivity contribution in [1.29, 1.82) is 5.26 Å². The zero-order valence-electron chi connectivity index (χ0n) is 10.5. The molecule has 6 heteroatoms. The van der Waals surface area contributed by atoms with Crippen molar-refractivity contribution in [1.82, 2.24) is 19.7 Å². The van der Waals surface area contributed by atoms with Crippen LogP contribution in [0.4, 0.5) is 0 Å². The topological polar surface area (TPSA) is 74.8 Å². The summed E-state index contributed by atoms with van der Waals surface area (Å²) in [5.74, 6) is -0.170. The first-order valence-corrected chi connectivity index (χ1v) is 5.80. The predicted molar refractivity (Wildman–Crippen MR) is 68.1 cm³/mol. The van der Waals surface area contributed by atoms with Gasteiger partial charge in [0.2, 0.25) is 0 Å². The van der Waals surface area contributed by atoms with Crippen molar-refractivity contribution in [2.24, 2.45) is 0 Å². The van der Waals surface area contributed by atoms with Crippen LogP contribution in [0.3, 0.4) is 0 Å². The summed E-state index contributed by atoms with van der Waals surface area (Å²) in [5.41, 5.74) is 0.776. The number of nitriles is 1. The van der Waals surface area contributed by atoms with E-state index in [0.717, 1.165) is 0 Å². The molecule has 0 N–H and O–H groups in total. The zero-order chi connectivity index (χ0) is 13.7. The molecule has 2 heterocycles. The highest BCUT2D eigenvalue weighted by Gasteiger charge is 2.12. The Labute approximate surface area is 110 Å². The normalized spacial score (nSPS) is 9.89. The largest absolute Gasteiger partial charge is 0.339 e. The maximum Gasteiger partial charge on any atom is 0.272 e. The second kappa shape index (κ2) is 5.78. The number of hydrogen-bond donors (Lipinski definition) is 0. The fourth-order valence-electron chi connectivity index (χ4n) is 1.57. The summed E-state index contributed by atoms with van der Waals surface area (Å²) >= 11 is 0. The summed E-state index contributed by atoms with van der Waals surface area (Å²) in [7, 11) is 1.71. The van der Waals surface area contributed by atoms with Crippen molar-refractivity contribution < 1.29 is 4.79 Å². The van der Waals surface area contributed by atoms with Crippen LogP contribution >= 0.6 is 0 Å². The first kappa shape index (κ1) is 12.8. The van der Waals surface area contributed by atoms with Gasteiger partial charge < -0.3 is 4.90 Å². The SMILES string of the molecule is CN(CCn1cccn1)C(=O)c1ccc(C#N)cn1. The molecular formula is C13H13N5O. The Kier molecular flexibility index (Phi) is 3.88. The maximum absolute atomic E-state index is 12.1. The molecule has 1 amide bonds. The van der Waals surface area contributed by atoms with E-state index in [4.69, 9.17) is 5.26 Å². The van der Waals surface area contributed by atoms with Crippen LogP contribution in [0.1, 0.15) is 16.1 Å². The molecule has 0 aliphatic carbocycles. The van der Waals surface area contributed by atoms with Crippen molar-refractivity contribution in [3.05, 3.63) is 48.0 Å². The molecule has 0 unspecified atom stereocenters. The predicted octanol–water partition coefficient (Wildman–Crippen LogP) is 0.922. The third-order valence-electron chi connectivity index (χ3n) is 2.68. The summed E-state index contributed by atoms with van der Waals surface area (Å²) in [5, 5.41) is 12.7. The first-order valence-electron chi connectivity index (χ1n) is 5.80. The summed E-state index contributed by atoms with van der Waals surface area (Å²) in [6, 6.07) is 6.95. The average Bonchev–Trinajstić information content (AvgIpc) is 2.97. The van der Waals surface area contributed by atoms with Crippen molar-refractivity contribution in [3.63, 3.8) is 0 Å². The fraction of sp³-hybridized carbons (Fsp3) is 0.231. The summed E-state index contributed by atoms with van der Waals surface area (Å²) < 4.78 is 1.76. The Morgan fingerprint density at radius 1 is 1.53 bits per heavy atom. The smallest absolute Gasteiger partial charge is 0.272 e. The van der Waals surface area contributed by atoms with Crippen molar-refractivity contribution >= 4 is 5.91 Å². The van der Waals surface area contributed by atoms with E-state index in [1.54, 1.807) is 35.0 Å². The number of amides is 1. The van der Waals surface area contributed by atoms with Crippen molar-refractivity contribution in [3.8, 4) is 6.07 Å². The van der Waals surface area contributed by atoms with Crippen LogP contribution in [-0.4, -0.2) is 39.2 Å². The van der Waals surface area contributed by atoms with Gasteiger partial charge in [0.25, 0.3) is 5.91 Å². The Balaban J connectivity index is 1.96. The zero-order valence-corrected chi connectivity index (χ0v) is 10.5. The average molecular weight is 255 g/mol. The quantitative estimate of drug-likeness (QED) is 0.814. The lowest BCUT2D eigenvalue weighted by Gasteiger charge is -2.16. The molecule has 0 fully saturated rings. The Bertz CT molecular complexity index is 582. The Morgan fingerprint density at radius 3 is 2.95 bits per heavy atom. The van der Waals surface area contributed by atoms with Gasteiger partial charge in [0.05, 0.1) is 12.1 Å². The lowest BCUT2D eigenvalue weighted by atomic mass is 10.2. The molecule has 0 spiro atoms. The van der Waals surface area contributed by atoms with Gasteiger partial charge in [-0.25, -0.2) is 4.98 Å². The van der Waals surface area contributed by atoms with Gasteiger partial charge in [0.15, 0.2) is 0 Å². The highest BCUT2D eigenvalue weighted by molar-refractivity contribution is 5.92. The lowest BCUT2D eigenvalue weighted by Crippen LogP contribution is -2.30. The number of nitrogens with zero attached hydrogens (tertiary/aromatic N) is 5. The summed E-state index contributed by atoms with van der Waals surface area (Å²) in [4.78, 5) is 17.6. The molecule has 2 aromatic heterocycles. The maximum atomic E-state index is 12.1. The molecule has 0 radical (unpaired) electrons. The van der Waals surface area contributed by atoms with Crippen LogP contribution in [0.5, 0.6) is 0 Å². The molecule has 6 nitrogen and oxygen atoms in total. The van der Waals surface area contributed by atoms with Gasteiger partial charge in [-0.3, -0.25) is 9.48 Å². The van der Waals surface area contributed by atoms with Gasteiger partial charge in [-0.05, 0) is 18.2 Å². The van der Waals surface area contributed by atoms with Crippen molar-refractivity contribution in [2.75, 3.05) is 13.6 Å². The number of aromatic nitrogens is 3. The number of rotatable bonds is 4. The molecule has 96 valence electrons. The summed E-state index contributed by atoms with van der Waals surface area (Å²) in [6.07, 6.45) is 4.94. The van der Waals surface area contributed by atoms with Gasteiger partial charge in [0.1, 0.15) is 11.8 Å². The second-order valence-electron chi connectivity index (χ2n) is 4.04. The molecule has 0 aliphatic rings. The molecule has 0 atom stereocenters. The van der Waals surface area contributed by atoms with Crippen LogP contribution < -0.4 is 0 Å². The van der Waals surface area contributed by atoms with Crippen LogP contribution in [0.15, 0.2) is 36.8 Å². The minimum atomic E-state index is -0.170. The van der Waals surface area contributed by atoms with Gasteiger partial charge in [-0.15, -0.1) is 0 Å². The third kappa shape index (κ3) is 3.16. The lowest BCUT2D eigenvalue weighted by molar-refractivity contribution is 0.0783. The number of carbonyl (C=O) groups excluding carboxylic acids is 1. The molecule has 0 bridgehead atoms. The van der Waals surface area contributed by atoms with Crippen LogP contribution in [0.25, 0.3) is 0 Å². The van der Waals surface area contributed by atoms with Crippen molar-refractivity contribution in [2.45, 2.75) is 6.54 Å². The fourth-order valence-corrected chi connectivity index (χ4v) is 1.57. The Morgan fingerprint density at radius 2 is 2.37 bits per heavy atom. The molecule has 2 aromatic rings. The number of hydrogen-bond acceptors (Lipinski definition) is 4. The summed E-state index contributed by atoms with van der Waals surface area (Å²) in [6.45, 7) is 1.17. The standard InChI is InChI=1S/C13H13N5O/c1-17(7-8-18-6-2-5-16-18)13(19)12-4-3-11(9-14)10-15-12/h2-6,10H,7-8H2,1H3. The van der Waals surface area contributed by atoms with E-state index in [0.29, 0.717) is 24.3 Å². The molecule has 0 saturated carbocycles. The first-order chi connectivity index (χ1) is 9.20. The highest BCUT2D eigenvalue weighted by atomic mass is 16.2. The van der Waals surface area contributed by atoms with E-state index < -0.39 is 0 Å². The number of carbonyl (C=O) groups is 1. The van der Waals surface area contributed by atoms with E-state index >= 15 is 0 Å². The van der Waals surface area contributed by atoms with E-state index in [1.165, 1.54) is 6.20 Å². The van der Waals surface area contributed by atoms with Crippen LogP contribution in [0, 0.1) is 11.3 Å². The van der Waals surface area contributed by atoms with Gasteiger partial charge >= 0.3 is 0 Å². The monoisotopic (exact) mass is 255 g/mol. The van der Waals surface area contributed by atoms with Gasteiger partial charge in [-0.1, -0.05) is 0 Å². The van der Waals surface area contributed by atoms with Crippen LogP contribution in [0.2, 0.25) is 0 Å². The van der Waals surface area contributed by atoms with Gasteiger partial charge in [0, 0.05) is 32.2 Å². The molecule has 0 saturated heterocycles.